The molecule has 4 aliphatic heterocycles. The number of β-lactam (4-membered cyclic amide) rings is 1. The molecule has 11 nitrogen and oxygen atoms in total. The number of nitrogens with zero attached hydrogens (tertiary/aromatic N) is 3. The molecule has 36 heavy (non-hydrogen) atoms. The van der Waals surface area contributed by atoms with Gasteiger partial charge in [-0.2, -0.15) is 0 Å². The molecule has 1 aromatic rings. The summed E-state index contributed by atoms with van der Waals surface area (Å²) in [7, 11) is 0. The molecule has 0 spiro atoms. The van der Waals surface area contributed by atoms with Gasteiger partial charge in [0, 0.05) is 22.8 Å². The number of cyclic esters (lactones) is 1. The van der Waals surface area contributed by atoms with Crippen LogP contribution in [0.25, 0.3) is 0 Å². The number of allylic oxidation sites excluding steroid dienone is 1. The van der Waals surface area contributed by atoms with Crippen LogP contribution in [-0.4, -0.2) is 92.4 Å². The van der Waals surface area contributed by atoms with Gasteiger partial charge in [-0.15, -0.1) is 23.5 Å². The van der Waals surface area contributed by atoms with E-state index < -0.39 is 35.3 Å². The Hall–Kier alpha value is -3.45. The monoisotopic (exact) mass is 530 g/mol. The second-order valence-corrected chi connectivity index (χ2v) is 10.5. The summed E-state index contributed by atoms with van der Waals surface area (Å²) in [4.78, 5) is 64.2. The summed E-state index contributed by atoms with van der Waals surface area (Å²) in [6.45, 7) is 0.758. The Morgan fingerprint density at radius 1 is 1.17 bits per heavy atom. The summed E-state index contributed by atoms with van der Waals surface area (Å²) in [5.41, 5.74) is 0.515. The van der Waals surface area contributed by atoms with Gasteiger partial charge in [-0.3, -0.25) is 19.3 Å². The number of ether oxygens (including phenoxy) is 1. The van der Waals surface area contributed by atoms with E-state index in [1.54, 1.807) is 0 Å². The number of carboxylic acids is 1. The molecule has 5 rings (SSSR count). The van der Waals surface area contributed by atoms with Crippen LogP contribution in [0.2, 0.25) is 0 Å². The van der Waals surface area contributed by atoms with Crippen LogP contribution in [0, 0.1) is 0 Å². The summed E-state index contributed by atoms with van der Waals surface area (Å²) in [6.07, 6.45) is 1.25. The van der Waals surface area contributed by atoms with E-state index in [-0.39, 0.29) is 42.8 Å². The first-order valence-corrected chi connectivity index (χ1v) is 13.2. The van der Waals surface area contributed by atoms with Crippen LogP contribution >= 0.6 is 23.5 Å². The summed E-state index contributed by atoms with van der Waals surface area (Å²) < 4.78 is 4.89. The molecule has 4 amide bonds. The summed E-state index contributed by atoms with van der Waals surface area (Å²) >= 11 is 2.68. The fraction of sp³-hybridized carbons (Fsp3) is 0.348. The maximum absolute atomic E-state index is 12.9. The minimum atomic E-state index is -1.28. The van der Waals surface area contributed by atoms with Crippen molar-refractivity contribution in [2.24, 2.45) is 0 Å². The van der Waals surface area contributed by atoms with E-state index in [1.807, 2.05) is 30.3 Å². The lowest BCUT2D eigenvalue weighted by atomic mass is 10.0. The number of amides is 4. The third-order valence-electron chi connectivity index (χ3n) is 6.11. The predicted molar refractivity (Wildman–Crippen MR) is 129 cm³/mol. The normalized spacial score (nSPS) is 24.7. The van der Waals surface area contributed by atoms with Gasteiger partial charge in [0.05, 0.1) is 12.3 Å². The van der Waals surface area contributed by atoms with Gasteiger partial charge >= 0.3 is 12.1 Å². The van der Waals surface area contributed by atoms with Crippen molar-refractivity contribution in [3.05, 3.63) is 53.3 Å². The van der Waals surface area contributed by atoms with E-state index in [0.29, 0.717) is 17.6 Å². The Morgan fingerprint density at radius 2 is 1.94 bits per heavy atom. The van der Waals surface area contributed by atoms with E-state index in [2.05, 4.69) is 5.32 Å². The number of nitrogens with one attached hydrogen (secondary N) is 1. The molecule has 0 saturated carbocycles. The lowest BCUT2D eigenvalue weighted by Crippen LogP contribution is -2.70. The number of hydrogen-bond donors (Lipinski definition) is 2. The SMILES string of the molecule is O=C(CSc1ccccc1)N[C@@H]1C(=O)N2C(C(=O)O)=C(C=C3CCN(N4CCOC4=O)C3=O)CS[C@H]12. The number of benzene rings is 1. The van der Waals surface area contributed by atoms with Gasteiger partial charge in [0.1, 0.15) is 23.7 Å². The van der Waals surface area contributed by atoms with Crippen molar-refractivity contribution in [2.75, 3.05) is 31.2 Å². The van der Waals surface area contributed by atoms with E-state index in [4.69, 9.17) is 4.74 Å². The maximum atomic E-state index is 12.9. The molecule has 0 bridgehead atoms. The van der Waals surface area contributed by atoms with Gasteiger partial charge in [-0.25, -0.2) is 19.6 Å². The quantitative estimate of drug-likeness (QED) is 0.301. The first kappa shape index (κ1) is 24.3. The van der Waals surface area contributed by atoms with Crippen molar-refractivity contribution in [1.82, 2.24) is 20.2 Å². The number of thioether (sulfide) groups is 2. The number of carboxylic acid groups (broad SMARTS) is 1. The minimum absolute atomic E-state index is 0.132. The Balaban J connectivity index is 1.27. The average molecular weight is 531 g/mol. The second kappa shape index (κ2) is 9.90. The van der Waals surface area contributed by atoms with Crippen LogP contribution in [-0.2, 0) is 23.9 Å². The summed E-state index contributed by atoms with van der Waals surface area (Å²) in [6, 6.07) is 8.58. The van der Waals surface area contributed by atoms with E-state index >= 15 is 0 Å². The molecule has 1 aromatic carbocycles. The van der Waals surface area contributed by atoms with Crippen molar-refractivity contribution in [1.29, 1.82) is 0 Å². The highest BCUT2D eigenvalue weighted by Gasteiger charge is 2.54. The molecule has 4 heterocycles. The fourth-order valence-electron chi connectivity index (χ4n) is 4.41. The highest BCUT2D eigenvalue weighted by molar-refractivity contribution is 8.00. The lowest BCUT2D eigenvalue weighted by Gasteiger charge is -2.49. The smallest absolute Gasteiger partial charge is 0.429 e. The number of carbonyl (C=O) groups excluding carboxylic acids is 4. The lowest BCUT2D eigenvalue weighted by molar-refractivity contribution is -0.150. The molecule has 0 aliphatic carbocycles. The third-order valence-corrected chi connectivity index (χ3v) is 8.43. The number of rotatable bonds is 7. The Kier molecular flexibility index (Phi) is 6.67. The molecule has 0 unspecified atom stereocenters. The molecular formula is C23H22N4O7S2. The van der Waals surface area contributed by atoms with E-state index in [9.17, 15) is 29.1 Å². The van der Waals surface area contributed by atoms with Crippen molar-refractivity contribution < 1.29 is 33.8 Å². The van der Waals surface area contributed by atoms with E-state index in [0.717, 1.165) is 4.90 Å². The molecule has 188 valence electrons. The third kappa shape index (κ3) is 4.44. The molecule has 4 aliphatic rings. The number of fused-ring (bicyclic) bond motifs is 1. The van der Waals surface area contributed by atoms with Gasteiger partial charge in [0.2, 0.25) is 5.91 Å². The van der Waals surface area contributed by atoms with Gasteiger partial charge in [0.25, 0.3) is 11.8 Å². The Morgan fingerprint density at radius 3 is 2.64 bits per heavy atom. The molecule has 0 radical (unpaired) electrons. The largest absolute Gasteiger partial charge is 0.477 e. The minimum Gasteiger partial charge on any atom is -0.477 e. The predicted octanol–water partition coefficient (Wildman–Crippen LogP) is 1.04. The van der Waals surface area contributed by atoms with Gasteiger partial charge in [-0.05, 0) is 30.2 Å². The summed E-state index contributed by atoms with van der Waals surface area (Å²) in [5.74, 6) is -2.10. The molecular weight excluding hydrogens is 508 g/mol. The van der Waals surface area contributed by atoms with Crippen molar-refractivity contribution in [3.8, 4) is 0 Å². The first-order chi connectivity index (χ1) is 17.3. The molecule has 2 N–H and O–H groups in total. The van der Waals surface area contributed by atoms with Crippen LogP contribution < -0.4 is 5.32 Å². The number of carbonyl (C=O) groups is 5. The van der Waals surface area contributed by atoms with Crippen molar-refractivity contribution in [2.45, 2.75) is 22.7 Å². The topological polar surface area (TPSA) is 137 Å². The zero-order chi connectivity index (χ0) is 25.4. The van der Waals surface area contributed by atoms with Crippen LogP contribution in [0.15, 0.2) is 58.1 Å². The van der Waals surface area contributed by atoms with Crippen molar-refractivity contribution >= 4 is 53.3 Å². The van der Waals surface area contributed by atoms with Gasteiger partial charge in [0.15, 0.2) is 0 Å². The maximum Gasteiger partial charge on any atom is 0.429 e. The standard InChI is InChI=1S/C23H22N4O7S2/c28-16(12-35-15-4-2-1-3-5-15)24-17-20(30)27-18(22(31)32)14(11-36-21(17)27)10-13-6-7-25(19(13)29)26-8-9-34-23(26)33/h1-5,10,17,21H,6-9,11-12H2,(H,24,28)(H,31,32)/t17-,21-/m1/s1. The molecule has 0 aromatic heterocycles. The number of aliphatic carboxylic acids is 1. The molecule has 3 saturated heterocycles. The molecule has 13 heteroatoms. The molecule has 3 fully saturated rings. The number of hydrazine groups is 1. The van der Waals surface area contributed by atoms with Gasteiger partial charge in [-0.1, -0.05) is 18.2 Å². The highest BCUT2D eigenvalue weighted by atomic mass is 32.2. The van der Waals surface area contributed by atoms with Crippen molar-refractivity contribution in [3.63, 3.8) is 0 Å². The van der Waals surface area contributed by atoms with Crippen LogP contribution in [0.1, 0.15) is 6.42 Å². The molecule has 2 atom stereocenters. The van der Waals surface area contributed by atoms with Crippen LogP contribution in [0.5, 0.6) is 0 Å². The van der Waals surface area contributed by atoms with Crippen LogP contribution in [0.4, 0.5) is 4.79 Å². The zero-order valence-corrected chi connectivity index (χ0v) is 20.5. The van der Waals surface area contributed by atoms with Crippen LogP contribution in [0.3, 0.4) is 0 Å². The summed E-state index contributed by atoms with van der Waals surface area (Å²) in [5, 5.41) is 14.6. The Labute approximate surface area is 214 Å². The zero-order valence-electron chi connectivity index (χ0n) is 18.9. The average Bonchev–Trinajstić information content (AvgIpc) is 3.46. The Bertz CT molecular complexity index is 1200. The van der Waals surface area contributed by atoms with E-state index in [1.165, 1.54) is 44.5 Å². The highest BCUT2D eigenvalue weighted by Crippen LogP contribution is 2.41. The van der Waals surface area contributed by atoms with Gasteiger partial charge < -0.3 is 15.2 Å². The first-order valence-electron chi connectivity index (χ1n) is 11.2. The second-order valence-electron chi connectivity index (χ2n) is 8.32. The fourth-order valence-corrected chi connectivity index (χ4v) is 6.45. The number of hydrogen-bond acceptors (Lipinski definition) is 8.